The van der Waals surface area contributed by atoms with Gasteiger partial charge >= 0.3 is 12.1 Å². The van der Waals surface area contributed by atoms with Gasteiger partial charge in [-0.2, -0.15) is 18.3 Å². The number of para-hydroxylation sites is 1. The minimum Gasteiger partial charge on any atom is -0.505 e. The predicted molar refractivity (Wildman–Crippen MR) is 145 cm³/mol. The molecule has 0 spiro atoms. The number of carboxylic acid groups (broad SMARTS) is 1. The molecule has 0 aliphatic carbocycles. The van der Waals surface area contributed by atoms with Gasteiger partial charge in [0.2, 0.25) is 0 Å². The number of carbonyl (C=O) groups excluding carboxylic acids is 1. The van der Waals surface area contributed by atoms with Gasteiger partial charge in [0.05, 0.1) is 28.2 Å². The van der Waals surface area contributed by atoms with Crippen LogP contribution in [-0.4, -0.2) is 27.8 Å². The SMILES string of the molecule is Cc1cc(C)cc(-c2cccc(NN=C3C(=O)N(c4cccc(C(=O)O)c4)c4cc(C(F)(F)F)ccc43)c2O)c1. The van der Waals surface area contributed by atoms with E-state index in [2.05, 4.69) is 10.5 Å². The van der Waals surface area contributed by atoms with Crippen LogP contribution in [0.2, 0.25) is 0 Å². The molecule has 7 nitrogen and oxygen atoms in total. The highest BCUT2D eigenvalue weighted by Crippen LogP contribution is 2.41. The first-order chi connectivity index (χ1) is 18.9. The van der Waals surface area contributed by atoms with Crippen molar-refractivity contribution in [3.8, 4) is 16.9 Å². The summed E-state index contributed by atoms with van der Waals surface area (Å²) in [5.41, 5.74) is 4.92. The third-order valence-electron chi connectivity index (χ3n) is 6.43. The lowest BCUT2D eigenvalue weighted by molar-refractivity contribution is -0.137. The zero-order valence-electron chi connectivity index (χ0n) is 21.2. The molecular formula is C30H22F3N3O4. The van der Waals surface area contributed by atoms with Crippen LogP contribution in [0.4, 0.5) is 30.2 Å². The number of phenols is 1. The van der Waals surface area contributed by atoms with Crippen molar-refractivity contribution in [1.82, 2.24) is 0 Å². The monoisotopic (exact) mass is 545 g/mol. The minimum atomic E-state index is -4.68. The van der Waals surface area contributed by atoms with E-state index in [1.807, 2.05) is 32.0 Å². The molecule has 5 rings (SSSR count). The van der Waals surface area contributed by atoms with Crippen LogP contribution in [0.5, 0.6) is 5.75 Å². The molecule has 202 valence electrons. The van der Waals surface area contributed by atoms with E-state index in [1.165, 1.54) is 24.3 Å². The number of phenolic OH excluding ortho intramolecular Hbond substituents is 1. The molecule has 3 N–H and O–H groups in total. The Balaban J connectivity index is 1.58. The molecule has 1 aliphatic heterocycles. The lowest BCUT2D eigenvalue weighted by atomic mass is 9.99. The summed E-state index contributed by atoms with van der Waals surface area (Å²) in [4.78, 5) is 26.0. The van der Waals surface area contributed by atoms with E-state index >= 15 is 0 Å². The molecule has 0 bridgehead atoms. The first-order valence-electron chi connectivity index (χ1n) is 12.1. The predicted octanol–water partition coefficient (Wildman–Crippen LogP) is 6.89. The number of amides is 1. The molecule has 40 heavy (non-hydrogen) atoms. The smallest absolute Gasteiger partial charge is 0.416 e. The maximum Gasteiger partial charge on any atom is 0.416 e. The number of fused-ring (bicyclic) bond motifs is 1. The number of alkyl halides is 3. The fourth-order valence-corrected chi connectivity index (χ4v) is 4.68. The van der Waals surface area contributed by atoms with Gasteiger partial charge in [-0.3, -0.25) is 15.1 Å². The second kappa shape index (κ2) is 9.88. The van der Waals surface area contributed by atoms with E-state index in [1.54, 1.807) is 18.2 Å². The normalized spacial score (nSPS) is 14.0. The average molecular weight is 546 g/mol. The number of rotatable bonds is 5. The van der Waals surface area contributed by atoms with Crippen LogP contribution in [0.25, 0.3) is 11.1 Å². The molecule has 4 aromatic rings. The van der Waals surface area contributed by atoms with Crippen molar-refractivity contribution in [3.63, 3.8) is 0 Å². The third kappa shape index (κ3) is 4.86. The van der Waals surface area contributed by atoms with Crippen LogP contribution in [0.15, 0.2) is 84.0 Å². The number of nitrogens with zero attached hydrogens (tertiary/aromatic N) is 2. The van der Waals surface area contributed by atoms with Gasteiger partial charge < -0.3 is 10.2 Å². The fourth-order valence-electron chi connectivity index (χ4n) is 4.68. The number of benzene rings is 4. The topological polar surface area (TPSA) is 102 Å². The van der Waals surface area contributed by atoms with E-state index in [-0.39, 0.29) is 39.7 Å². The number of aromatic hydroxyl groups is 1. The Kier molecular flexibility index (Phi) is 6.54. The Labute approximate surface area is 226 Å². The maximum absolute atomic E-state index is 13.5. The third-order valence-corrected chi connectivity index (χ3v) is 6.43. The first kappa shape index (κ1) is 26.5. The van der Waals surface area contributed by atoms with Gasteiger partial charge in [-0.15, -0.1) is 0 Å². The summed E-state index contributed by atoms with van der Waals surface area (Å²) in [6.45, 7) is 3.87. The second-order valence-corrected chi connectivity index (χ2v) is 9.38. The quantitative estimate of drug-likeness (QED) is 0.187. The molecule has 0 saturated carbocycles. The number of aromatic carboxylic acids is 1. The Morgan fingerprint density at radius 1 is 0.900 bits per heavy atom. The number of hydrogen-bond acceptors (Lipinski definition) is 5. The van der Waals surface area contributed by atoms with E-state index in [0.29, 0.717) is 5.56 Å². The van der Waals surface area contributed by atoms with Crippen molar-refractivity contribution in [2.45, 2.75) is 20.0 Å². The van der Waals surface area contributed by atoms with Crippen LogP contribution < -0.4 is 10.3 Å². The number of carbonyl (C=O) groups is 2. The Bertz CT molecular complexity index is 1690. The molecule has 0 unspecified atom stereocenters. The molecule has 0 saturated heterocycles. The zero-order chi connectivity index (χ0) is 28.8. The van der Waals surface area contributed by atoms with Crippen molar-refractivity contribution in [3.05, 3.63) is 107 Å². The molecule has 1 aliphatic rings. The molecule has 1 heterocycles. The van der Waals surface area contributed by atoms with Crippen LogP contribution in [0.3, 0.4) is 0 Å². The maximum atomic E-state index is 13.5. The molecule has 10 heteroatoms. The fraction of sp³-hybridized carbons (Fsp3) is 0.100. The Hall–Kier alpha value is -5.12. The number of carboxylic acids is 1. The number of hydrazone groups is 1. The summed E-state index contributed by atoms with van der Waals surface area (Å²) in [5.74, 6) is -2.15. The van der Waals surface area contributed by atoms with Gasteiger partial charge in [-0.05, 0) is 61.9 Å². The molecule has 0 fully saturated rings. The Morgan fingerprint density at radius 3 is 2.27 bits per heavy atom. The average Bonchev–Trinajstić information content (AvgIpc) is 3.17. The van der Waals surface area contributed by atoms with Crippen molar-refractivity contribution >= 4 is 34.7 Å². The van der Waals surface area contributed by atoms with Gasteiger partial charge in [0, 0.05) is 11.1 Å². The summed E-state index contributed by atoms with van der Waals surface area (Å²) < 4.78 is 40.6. The number of nitrogens with one attached hydrogen (secondary N) is 1. The van der Waals surface area contributed by atoms with Crippen molar-refractivity contribution in [2.24, 2.45) is 5.10 Å². The van der Waals surface area contributed by atoms with Gasteiger partial charge in [-0.1, -0.05) is 47.5 Å². The number of halogens is 3. The van der Waals surface area contributed by atoms with Crippen molar-refractivity contribution in [2.75, 3.05) is 10.3 Å². The highest BCUT2D eigenvalue weighted by molar-refractivity contribution is 6.55. The van der Waals surface area contributed by atoms with E-state index in [9.17, 15) is 33.0 Å². The van der Waals surface area contributed by atoms with Gasteiger partial charge in [0.25, 0.3) is 5.91 Å². The summed E-state index contributed by atoms with van der Waals surface area (Å²) in [5, 5.41) is 24.6. The van der Waals surface area contributed by atoms with Gasteiger partial charge in [0.1, 0.15) is 5.75 Å². The number of aryl methyl sites for hydroxylation is 2. The number of anilines is 3. The molecule has 1 amide bonds. The lowest BCUT2D eigenvalue weighted by Crippen LogP contribution is -2.26. The largest absolute Gasteiger partial charge is 0.505 e. The van der Waals surface area contributed by atoms with Gasteiger partial charge in [0.15, 0.2) is 5.71 Å². The molecule has 0 radical (unpaired) electrons. The van der Waals surface area contributed by atoms with E-state index in [0.717, 1.165) is 39.8 Å². The first-order valence-corrected chi connectivity index (χ1v) is 12.1. The number of hydrogen-bond donors (Lipinski definition) is 3. The van der Waals surface area contributed by atoms with Gasteiger partial charge in [-0.25, -0.2) is 4.79 Å². The highest BCUT2D eigenvalue weighted by Gasteiger charge is 2.39. The Morgan fingerprint density at radius 2 is 1.60 bits per heavy atom. The van der Waals surface area contributed by atoms with E-state index < -0.39 is 23.6 Å². The molecular weight excluding hydrogens is 523 g/mol. The van der Waals surface area contributed by atoms with E-state index in [4.69, 9.17) is 0 Å². The summed E-state index contributed by atoms with van der Waals surface area (Å²) in [6.07, 6.45) is -4.68. The summed E-state index contributed by atoms with van der Waals surface area (Å²) >= 11 is 0. The second-order valence-electron chi connectivity index (χ2n) is 9.38. The molecule has 0 atom stereocenters. The van der Waals surface area contributed by atoms with Crippen LogP contribution in [0, 0.1) is 13.8 Å². The molecule has 4 aromatic carbocycles. The van der Waals surface area contributed by atoms with Crippen LogP contribution in [0.1, 0.15) is 32.6 Å². The minimum absolute atomic E-state index is 0.0651. The summed E-state index contributed by atoms with van der Waals surface area (Å²) in [6, 6.07) is 18.9. The molecule has 0 aromatic heterocycles. The summed E-state index contributed by atoms with van der Waals surface area (Å²) in [7, 11) is 0. The van der Waals surface area contributed by atoms with Crippen LogP contribution >= 0.6 is 0 Å². The standard InChI is InChI=1S/C30H22F3N3O4/c1-16-11-17(2)13-19(12-16)22-7-4-8-24(27(22)37)34-35-26-23-10-9-20(30(31,32)33)15-25(23)36(28(26)38)21-6-3-5-18(14-21)29(39)40/h3-15,34,37H,1-2H3,(H,39,40). The van der Waals surface area contributed by atoms with Crippen molar-refractivity contribution in [1.29, 1.82) is 0 Å². The van der Waals surface area contributed by atoms with Crippen LogP contribution in [-0.2, 0) is 11.0 Å². The zero-order valence-corrected chi connectivity index (χ0v) is 21.2. The lowest BCUT2D eigenvalue weighted by Gasteiger charge is -2.18. The highest BCUT2D eigenvalue weighted by atomic mass is 19.4. The van der Waals surface area contributed by atoms with Crippen molar-refractivity contribution < 1.29 is 33.0 Å².